The maximum Gasteiger partial charge on any atom is 0.264 e. The first-order valence-corrected chi connectivity index (χ1v) is 22.7. The smallest absolute Gasteiger partial charge is 0.264 e. The van der Waals surface area contributed by atoms with Crippen LogP contribution in [0.15, 0.2) is 168 Å². The molecule has 1 aliphatic rings. The molecule has 7 aromatic rings. The highest BCUT2D eigenvalue weighted by molar-refractivity contribution is 7.93. The lowest BCUT2D eigenvalue weighted by atomic mass is 9.98. The van der Waals surface area contributed by atoms with Gasteiger partial charge in [-0.3, -0.25) is 28.7 Å². The molecule has 61 heavy (non-hydrogen) atoms. The first-order chi connectivity index (χ1) is 29.3. The molecule has 0 unspecified atom stereocenters. The lowest BCUT2D eigenvalue weighted by molar-refractivity contribution is 0.0987. The van der Waals surface area contributed by atoms with Crippen molar-refractivity contribution in [2.45, 2.75) is 29.6 Å². The summed E-state index contributed by atoms with van der Waals surface area (Å²) >= 11 is 1.40. The van der Waals surface area contributed by atoms with Crippen molar-refractivity contribution in [1.82, 2.24) is 4.98 Å². The van der Waals surface area contributed by atoms with Gasteiger partial charge in [0.25, 0.3) is 26.0 Å². The van der Waals surface area contributed by atoms with E-state index >= 15 is 0 Å². The summed E-state index contributed by atoms with van der Waals surface area (Å²) in [5, 5.41) is 3.33. The number of nitrogens with one attached hydrogen (secondary N) is 2. The lowest BCUT2D eigenvalue weighted by Gasteiger charge is -2.19. The molecule has 0 fully saturated rings. The average molecular weight is 870 g/mol. The Hall–Kier alpha value is -6.94. The molecule has 0 saturated carbocycles. The number of aryl methyl sites for hydroxylation is 1. The summed E-state index contributed by atoms with van der Waals surface area (Å²) in [6.07, 6.45) is 0.628. The zero-order chi connectivity index (χ0) is 43.1. The van der Waals surface area contributed by atoms with Gasteiger partial charge in [-0.25, -0.2) is 21.8 Å². The second kappa shape index (κ2) is 18.1. The normalized spacial score (nSPS) is 12.1. The van der Waals surface area contributed by atoms with Crippen LogP contribution in [0.5, 0.6) is 0 Å². The summed E-state index contributed by atoms with van der Waals surface area (Å²) in [5.41, 5.74) is 10.7. The van der Waals surface area contributed by atoms with E-state index in [0.717, 1.165) is 21.7 Å². The number of aromatic nitrogens is 1. The zero-order valence-electron chi connectivity index (χ0n) is 32.7. The van der Waals surface area contributed by atoms with Gasteiger partial charge in [-0.1, -0.05) is 97.1 Å². The van der Waals surface area contributed by atoms with Crippen molar-refractivity contribution in [2.24, 2.45) is 5.73 Å². The van der Waals surface area contributed by atoms with Crippen LogP contribution in [0.4, 0.5) is 16.5 Å². The van der Waals surface area contributed by atoms with Crippen molar-refractivity contribution in [3.05, 3.63) is 190 Å². The van der Waals surface area contributed by atoms with Gasteiger partial charge in [-0.15, -0.1) is 11.3 Å². The van der Waals surface area contributed by atoms with Crippen LogP contribution in [0.25, 0.3) is 11.3 Å². The van der Waals surface area contributed by atoms with Crippen molar-refractivity contribution in [1.29, 1.82) is 0 Å². The van der Waals surface area contributed by atoms with E-state index in [2.05, 4.69) is 15.0 Å². The number of nitrogens with zero attached hydrogens (tertiary/aromatic N) is 2. The Morgan fingerprint density at radius 1 is 0.721 bits per heavy atom. The number of anilines is 3. The van der Waals surface area contributed by atoms with Gasteiger partial charge in [0.15, 0.2) is 10.9 Å². The predicted molar refractivity (Wildman–Crippen MR) is 238 cm³/mol. The summed E-state index contributed by atoms with van der Waals surface area (Å²) in [6, 6.07) is 44.2. The van der Waals surface area contributed by atoms with Gasteiger partial charge < -0.3 is 5.73 Å². The average Bonchev–Trinajstić information content (AvgIpc) is 3.88. The molecule has 0 saturated heterocycles. The van der Waals surface area contributed by atoms with Gasteiger partial charge in [-0.05, 0) is 85.1 Å². The summed E-state index contributed by atoms with van der Waals surface area (Å²) in [5.74, 6) is -1.27. The number of hydrogen-bond acceptors (Lipinski definition) is 9. The standard InChI is InChI=1S/C25H21N3O3S2.C21H18N2O4S/c1-17-23(19-8-3-2-4-9-19)26-25(32-17)27-24(29)20-11-13-21(14-12-20)33(30,31)28-16-15-18-7-5-6-10-22(18)28;22-21(25)19-12-5-4-7-15(19)14-20(24)16-8-6-11-18(13-16)28(26,27)23-17-9-2-1-3-10-17/h2-14H,15-16H2,1H3,(H,26,27,29);1-13,23H,14H2,(H2,22,25). The Morgan fingerprint density at radius 3 is 2.10 bits per heavy atom. The van der Waals surface area contributed by atoms with Gasteiger partial charge in [-0.2, -0.15) is 0 Å². The van der Waals surface area contributed by atoms with E-state index in [9.17, 15) is 31.2 Å². The second-order valence-electron chi connectivity index (χ2n) is 13.8. The van der Waals surface area contributed by atoms with Crippen LogP contribution in [0.2, 0.25) is 0 Å². The number of thiazole rings is 1. The molecule has 1 aromatic heterocycles. The number of sulfonamides is 2. The van der Waals surface area contributed by atoms with Crippen molar-refractivity contribution in [3.8, 4) is 11.3 Å². The number of primary amides is 1. The Kier molecular flexibility index (Phi) is 12.5. The number of ketones is 1. The monoisotopic (exact) mass is 869 g/mol. The van der Waals surface area contributed by atoms with Gasteiger partial charge in [0, 0.05) is 45.8 Å². The Balaban J connectivity index is 0.000000187. The molecule has 2 heterocycles. The Labute approximate surface area is 357 Å². The number of benzene rings is 6. The molecule has 308 valence electrons. The van der Waals surface area contributed by atoms with Crippen LogP contribution < -0.4 is 20.1 Å². The van der Waals surface area contributed by atoms with Crippen molar-refractivity contribution in [2.75, 3.05) is 20.9 Å². The molecule has 12 nitrogen and oxygen atoms in total. The fourth-order valence-corrected chi connectivity index (χ4v) is 10.1. The Morgan fingerprint density at radius 2 is 1.38 bits per heavy atom. The molecular weight excluding hydrogens is 831 g/mol. The summed E-state index contributed by atoms with van der Waals surface area (Å²) in [6.45, 7) is 2.38. The number of nitrogens with two attached hydrogens (primary N) is 1. The summed E-state index contributed by atoms with van der Waals surface area (Å²) < 4.78 is 55.4. The van der Waals surface area contributed by atoms with Crippen molar-refractivity contribution < 1.29 is 31.2 Å². The van der Waals surface area contributed by atoms with E-state index < -0.39 is 26.0 Å². The number of fused-ring (bicyclic) bond motifs is 1. The van der Waals surface area contributed by atoms with Crippen LogP contribution in [0.1, 0.15) is 47.1 Å². The SMILES string of the molecule is Cc1sc(NC(=O)c2ccc(S(=O)(=O)N3CCc4ccccc43)cc2)nc1-c1ccccc1.NC(=O)c1ccccc1CC(=O)c1cccc(S(=O)(=O)Nc2ccccc2)c1. The number of carbonyl (C=O) groups excluding carboxylic acids is 3. The van der Waals surface area contributed by atoms with E-state index in [0.29, 0.717) is 40.6 Å². The third-order valence-corrected chi connectivity index (χ3v) is 13.8. The van der Waals surface area contributed by atoms with E-state index in [-0.39, 0.29) is 39.0 Å². The number of hydrogen-bond donors (Lipinski definition) is 3. The third kappa shape index (κ3) is 9.76. The topological polar surface area (TPSA) is 186 Å². The third-order valence-electron chi connectivity index (χ3n) is 9.74. The molecular formula is C46H39N5O7S3. The van der Waals surface area contributed by atoms with E-state index in [1.807, 2.05) is 61.5 Å². The number of rotatable bonds is 12. The van der Waals surface area contributed by atoms with Gasteiger partial charge >= 0.3 is 0 Å². The molecule has 0 bridgehead atoms. The first kappa shape index (κ1) is 42.2. The molecule has 8 rings (SSSR count). The molecule has 0 spiro atoms. The number of amides is 2. The van der Waals surface area contributed by atoms with Crippen LogP contribution in [0.3, 0.4) is 0 Å². The van der Waals surface area contributed by atoms with Gasteiger partial charge in [0.1, 0.15) is 0 Å². The quantitative estimate of drug-likeness (QED) is 0.103. The maximum atomic E-state index is 13.2. The molecule has 0 aliphatic carbocycles. The molecule has 0 atom stereocenters. The van der Waals surface area contributed by atoms with Crippen molar-refractivity contribution in [3.63, 3.8) is 0 Å². The zero-order valence-corrected chi connectivity index (χ0v) is 35.1. The molecule has 15 heteroatoms. The van der Waals surface area contributed by atoms with E-state index in [4.69, 9.17) is 5.73 Å². The van der Waals surface area contributed by atoms with Crippen LogP contribution >= 0.6 is 11.3 Å². The fraction of sp³-hybridized carbons (Fsp3) is 0.0870. The molecule has 4 N–H and O–H groups in total. The highest BCUT2D eigenvalue weighted by atomic mass is 32.2. The highest BCUT2D eigenvalue weighted by Gasteiger charge is 2.30. The minimum Gasteiger partial charge on any atom is -0.366 e. The lowest BCUT2D eigenvalue weighted by Crippen LogP contribution is -2.29. The maximum absolute atomic E-state index is 13.2. The van der Waals surface area contributed by atoms with Crippen LogP contribution in [-0.2, 0) is 32.9 Å². The van der Waals surface area contributed by atoms with Crippen LogP contribution in [-0.4, -0.2) is 46.0 Å². The van der Waals surface area contributed by atoms with E-state index in [1.165, 1.54) is 64.2 Å². The number of para-hydroxylation sites is 2. The predicted octanol–water partition coefficient (Wildman–Crippen LogP) is 8.13. The molecule has 0 radical (unpaired) electrons. The summed E-state index contributed by atoms with van der Waals surface area (Å²) in [7, 11) is -7.54. The highest BCUT2D eigenvalue weighted by Crippen LogP contribution is 2.33. The minimum atomic E-state index is -3.84. The largest absolute Gasteiger partial charge is 0.366 e. The fourth-order valence-electron chi connectivity index (χ4n) is 6.69. The second-order valence-corrected chi connectivity index (χ2v) is 18.6. The van der Waals surface area contributed by atoms with Crippen LogP contribution in [0, 0.1) is 6.92 Å². The van der Waals surface area contributed by atoms with Gasteiger partial charge in [0.05, 0.1) is 21.2 Å². The first-order valence-electron chi connectivity index (χ1n) is 18.9. The Bertz CT molecular complexity index is 2960. The van der Waals surface area contributed by atoms with Crippen molar-refractivity contribution >= 4 is 65.5 Å². The molecule has 1 aliphatic heterocycles. The summed E-state index contributed by atoms with van der Waals surface area (Å²) in [4.78, 5) is 42.6. The van der Waals surface area contributed by atoms with E-state index in [1.54, 1.807) is 54.6 Å². The van der Waals surface area contributed by atoms with Gasteiger partial charge in [0.2, 0.25) is 5.91 Å². The number of carbonyl (C=O) groups is 3. The molecule has 6 aromatic carbocycles. The number of Topliss-reactive ketones (excluding diaryl/α,β-unsaturated/α-hetero) is 1. The minimum absolute atomic E-state index is 0.0228. The molecule has 2 amide bonds.